The molecule has 1 fully saturated rings. The normalized spacial score (nSPS) is 19.7. The van der Waals surface area contributed by atoms with Crippen LogP contribution < -0.4 is 0 Å². The number of nitrogens with zero attached hydrogens (tertiary/aromatic N) is 3. The van der Waals surface area contributed by atoms with Crippen molar-refractivity contribution in [1.82, 2.24) is 14.8 Å². The maximum absolute atomic E-state index is 11.5. The van der Waals surface area contributed by atoms with Crippen LogP contribution in [-0.4, -0.2) is 25.8 Å². The number of carbonyl (C=O) groups is 1. The molecule has 1 heterocycles. The maximum atomic E-state index is 11.5. The van der Waals surface area contributed by atoms with E-state index in [0.29, 0.717) is 18.7 Å². The summed E-state index contributed by atoms with van der Waals surface area (Å²) in [6, 6.07) is 0. The third-order valence-electron chi connectivity index (χ3n) is 3.91. The van der Waals surface area contributed by atoms with Crippen LogP contribution in [-0.2, 0) is 10.3 Å². The van der Waals surface area contributed by atoms with Crippen molar-refractivity contribution in [3.05, 3.63) is 11.6 Å². The molecule has 94 valence electrons. The van der Waals surface area contributed by atoms with Crippen molar-refractivity contribution in [2.45, 2.75) is 57.9 Å². The van der Waals surface area contributed by atoms with Crippen molar-refractivity contribution >= 4 is 5.97 Å². The van der Waals surface area contributed by atoms with Gasteiger partial charge in [-0.1, -0.05) is 13.8 Å². The highest BCUT2D eigenvalue weighted by molar-refractivity contribution is 5.78. The number of rotatable bonds is 4. The van der Waals surface area contributed by atoms with Crippen molar-refractivity contribution in [3.63, 3.8) is 0 Å². The van der Waals surface area contributed by atoms with Crippen LogP contribution in [0.5, 0.6) is 0 Å². The molecule has 2 rings (SSSR count). The molecule has 0 spiro atoms. The molecule has 0 amide bonds. The molecule has 5 nitrogen and oxygen atoms in total. The largest absolute Gasteiger partial charge is 0.479 e. The summed E-state index contributed by atoms with van der Waals surface area (Å²) in [5, 5.41) is 17.7. The van der Waals surface area contributed by atoms with Crippen LogP contribution in [0.4, 0.5) is 0 Å². The molecule has 0 saturated heterocycles. The Morgan fingerprint density at radius 1 is 1.53 bits per heavy atom. The van der Waals surface area contributed by atoms with Crippen LogP contribution in [0.25, 0.3) is 0 Å². The summed E-state index contributed by atoms with van der Waals surface area (Å²) in [4.78, 5) is 11.5. The van der Waals surface area contributed by atoms with E-state index >= 15 is 0 Å². The zero-order chi connectivity index (χ0) is 12.6. The number of aryl methyl sites for hydroxylation is 1. The molecule has 1 aliphatic carbocycles. The van der Waals surface area contributed by atoms with Crippen molar-refractivity contribution in [3.8, 4) is 0 Å². The smallest absolute Gasteiger partial charge is 0.329 e. The molecule has 1 N–H and O–H groups in total. The highest BCUT2D eigenvalue weighted by atomic mass is 16.4. The molecule has 1 aromatic rings. The second-order valence-corrected chi connectivity index (χ2v) is 4.94. The van der Waals surface area contributed by atoms with Gasteiger partial charge in [-0.3, -0.25) is 4.57 Å². The number of hydrogen-bond acceptors (Lipinski definition) is 3. The number of aliphatic carboxylic acids is 1. The fourth-order valence-electron chi connectivity index (χ4n) is 2.45. The predicted octanol–water partition coefficient (Wildman–Crippen LogP) is 2.06. The summed E-state index contributed by atoms with van der Waals surface area (Å²) >= 11 is 0. The van der Waals surface area contributed by atoms with Crippen molar-refractivity contribution < 1.29 is 9.90 Å². The zero-order valence-corrected chi connectivity index (χ0v) is 10.6. The molecule has 0 bridgehead atoms. The van der Waals surface area contributed by atoms with E-state index in [1.807, 2.05) is 11.5 Å². The minimum absolute atomic E-state index is 0.244. The van der Waals surface area contributed by atoms with Gasteiger partial charge in [0.05, 0.1) is 0 Å². The van der Waals surface area contributed by atoms with Gasteiger partial charge in [0.2, 0.25) is 0 Å². The Kier molecular flexibility index (Phi) is 2.93. The molecule has 5 heteroatoms. The van der Waals surface area contributed by atoms with Crippen LogP contribution >= 0.6 is 0 Å². The van der Waals surface area contributed by atoms with Crippen LogP contribution in [0.2, 0.25) is 0 Å². The highest BCUT2D eigenvalue weighted by Crippen LogP contribution is 2.42. The topological polar surface area (TPSA) is 68.0 Å². The van der Waals surface area contributed by atoms with Gasteiger partial charge in [0.15, 0.2) is 0 Å². The number of aromatic nitrogens is 3. The third kappa shape index (κ3) is 1.64. The van der Waals surface area contributed by atoms with E-state index in [2.05, 4.69) is 24.0 Å². The molecule has 1 aliphatic rings. The Morgan fingerprint density at radius 2 is 2.18 bits per heavy atom. The lowest BCUT2D eigenvalue weighted by molar-refractivity contribution is -0.152. The minimum atomic E-state index is -0.785. The van der Waals surface area contributed by atoms with Gasteiger partial charge in [0.1, 0.15) is 17.2 Å². The summed E-state index contributed by atoms with van der Waals surface area (Å²) in [6.07, 6.45) is 3.27. The van der Waals surface area contributed by atoms with Gasteiger partial charge < -0.3 is 5.11 Å². The van der Waals surface area contributed by atoms with Crippen molar-refractivity contribution in [2.24, 2.45) is 0 Å². The van der Waals surface area contributed by atoms with E-state index < -0.39 is 11.5 Å². The number of carboxylic acids is 1. The molecule has 1 saturated carbocycles. The summed E-state index contributed by atoms with van der Waals surface area (Å²) in [5.41, 5.74) is -0.785. The van der Waals surface area contributed by atoms with Crippen LogP contribution in [0.15, 0.2) is 0 Å². The molecule has 1 unspecified atom stereocenters. The minimum Gasteiger partial charge on any atom is -0.479 e. The monoisotopic (exact) mass is 237 g/mol. The van der Waals surface area contributed by atoms with E-state index in [1.165, 1.54) is 0 Å². The van der Waals surface area contributed by atoms with Gasteiger partial charge in [-0.15, -0.1) is 10.2 Å². The summed E-state index contributed by atoms with van der Waals surface area (Å²) in [6.45, 7) is 5.98. The molecule has 1 atom stereocenters. The SMILES string of the molecule is CCC(C)c1nnc(C)n1C1(C(=O)O)CCC1. The Balaban J connectivity index is 2.50. The summed E-state index contributed by atoms with van der Waals surface area (Å²) in [5.74, 6) is 1.01. The lowest BCUT2D eigenvalue weighted by Gasteiger charge is -2.40. The van der Waals surface area contributed by atoms with Crippen LogP contribution in [0.1, 0.15) is 57.1 Å². The average Bonchev–Trinajstić information content (AvgIpc) is 2.58. The first-order valence-electron chi connectivity index (χ1n) is 6.18. The van der Waals surface area contributed by atoms with Gasteiger partial charge in [-0.05, 0) is 32.6 Å². The number of hydrogen-bond donors (Lipinski definition) is 1. The first kappa shape index (κ1) is 12.1. The zero-order valence-electron chi connectivity index (χ0n) is 10.6. The standard InChI is InChI=1S/C12H19N3O2/c1-4-8(2)10-14-13-9(3)15(10)12(11(16)17)6-5-7-12/h8H,4-7H2,1-3H3,(H,16,17). The lowest BCUT2D eigenvalue weighted by Crippen LogP contribution is -2.49. The lowest BCUT2D eigenvalue weighted by atomic mass is 9.76. The molecule has 1 aromatic heterocycles. The van der Waals surface area contributed by atoms with E-state index in [4.69, 9.17) is 0 Å². The number of carboxylic acid groups (broad SMARTS) is 1. The van der Waals surface area contributed by atoms with E-state index in [-0.39, 0.29) is 5.92 Å². The molecular weight excluding hydrogens is 218 g/mol. The first-order chi connectivity index (χ1) is 8.03. The van der Waals surface area contributed by atoms with E-state index in [9.17, 15) is 9.90 Å². The van der Waals surface area contributed by atoms with Gasteiger partial charge in [-0.2, -0.15) is 0 Å². The van der Waals surface area contributed by atoms with Gasteiger partial charge in [-0.25, -0.2) is 4.79 Å². The van der Waals surface area contributed by atoms with Gasteiger partial charge in [0, 0.05) is 5.92 Å². The molecule has 17 heavy (non-hydrogen) atoms. The quantitative estimate of drug-likeness (QED) is 0.870. The van der Waals surface area contributed by atoms with Crippen molar-refractivity contribution in [1.29, 1.82) is 0 Å². The Labute approximate surface area is 101 Å². The molecular formula is C12H19N3O2. The van der Waals surface area contributed by atoms with Gasteiger partial charge in [0.25, 0.3) is 0 Å². The van der Waals surface area contributed by atoms with E-state index in [1.54, 1.807) is 0 Å². The molecule has 0 radical (unpaired) electrons. The molecule has 0 aromatic carbocycles. The van der Waals surface area contributed by atoms with Crippen LogP contribution in [0.3, 0.4) is 0 Å². The Morgan fingerprint density at radius 3 is 2.59 bits per heavy atom. The Bertz CT molecular complexity index is 435. The Hall–Kier alpha value is -1.39. The maximum Gasteiger partial charge on any atom is 0.329 e. The first-order valence-corrected chi connectivity index (χ1v) is 6.18. The second-order valence-electron chi connectivity index (χ2n) is 4.94. The molecule has 0 aliphatic heterocycles. The van der Waals surface area contributed by atoms with Crippen molar-refractivity contribution in [2.75, 3.05) is 0 Å². The predicted molar refractivity (Wildman–Crippen MR) is 62.9 cm³/mol. The van der Waals surface area contributed by atoms with E-state index in [0.717, 1.165) is 18.7 Å². The fraction of sp³-hybridized carbons (Fsp3) is 0.750. The summed E-state index contributed by atoms with van der Waals surface area (Å²) < 4.78 is 1.85. The third-order valence-corrected chi connectivity index (χ3v) is 3.91. The second kappa shape index (κ2) is 4.13. The summed E-state index contributed by atoms with van der Waals surface area (Å²) in [7, 11) is 0. The highest BCUT2D eigenvalue weighted by Gasteiger charge is 2.48. The van der Waals surface area contributed by atoms with Gasteiger partial charge >= 0.3 is 5.97 Å². The average molecular weight is 237 g/mol. The fourth-order valence-corrected chi connectivity index (χ4v) is 2.45. The van der Waals surface area contributed by atoms with Crippen LogP contribution in [0, 0.1) is 6.92 Å².